The first kappa shape index (κ1) is 9.56. The van der Waals surface area contributed by atoms with Gasteiger partial charge < -0.3 is 10.0 Å². The third-order valence-electron chi connectivity index (χ3n) is 3.66. The molecule has 14 heavy (non-hydrogen) atoms. The van der Waals surface area contributed by atoms with E-state index in [0.29, 0.717) is 11.3 Å². The monoisotopic (exact) mass is 195 g/mol. The number of likely N-dealkylation sites (tertiary alicyclic amines) is 1. The molecular formula is C11H17NO2. The van der Waals surface area contributed by atoms with Crippen LogP contribution in [0.4, 0.5) is 4.79 Å². The van der Waals surface area contributed by atoms with Crippen LogP contribution in [0.5, 0.6) is 0 Å². The summed E-state index contributed by atoms with van der Waals surface area (Å²) < 4.78 is 0. The predicted octanol–water partition coefficient (Wildman–Crippen LogP) is 2.34. The molecule has 0 atom stereocenters. The highest BCUT2D eigenvalue weighted by molar-refractivity contribution is 5.65. The quantitative estimate of drug-likeness (QED) is 0.652. The molecule has 0 aromatic carbocycles. The van der Waals surface area contributed by atoms with Gasteiger partial charge in [-0.05, 0) is 37.0 Å². The number of rotatable bonds is 1. The number of carboxylic acid groups (broad SMARTS) is 1. The molecule has 0 unspecified atom stereocenters. The van der Waals surface area contributed by atoms with Gasteiger partial charge in [-0.15, -0.1) is 6.58 Å². The highest BCUT2D eigenvalue weighted by atomic mass is 16.4. The van der Waals surface area contributed by atoms with Crippen molar-refractivity contribution in [2.45, 2.75) is 25.7 Å². The van der Waals surface area contributed by atoms with Crippen molar-refractivity contribution >= 4 is 6.09 Å². The Kier molecular flexibility index (Phi) is 2.25. The van der Waals surface area contributed by atoms with Crippen LogP contribution in [0.1, 0.15) is 25.7 Å². The van der Waals surface area contributed by atoms with Gasteiger partial charge >= 0.3 is 6.09 Å². The first-order chi connectivity index (χ1) is 6.65. The maximum absolute atomic E-state index is 10.8. The lowest BCUT2D eigenvalue weighted by Crippen LogP contribution is -2.51. The largest absolute Gasteiger partial charge is 0.465 e. The number of hydrogen-bond donors (Lipinski definition) is 1. The van der Waals surface area contributed by atoms with E-state index < -0.39 is 6.09 Å². The summed E-state index contributed by atoms with van der Waals surface area (Å²) in [6.07, 6.45) is 5.74. The average molecular weight is 195 g/mol. The summed E-state index contributed by atoms with van der Waals surface area (Å²) in [6, 6.07) is 0. The Morgan fingerprint density at radius 1 is 1.57 bits per heavy atom. The fourth-order valence-electron chi connectivity index (χ4n) is 2.92. The normalized spacial score (nSPS) is 36.6. The van der Waals surface area contributed by atoms with Gasteiger partial charge in [0.05, 0.1) is 0 Å². The van der Waals surface area contributed by atoms with E-state index in [2.05, 4.69) is 6.58 Å². The van der Waals surface area contributed by atoms with Crippen LogP contribution in [0.2, 0.25) is 0 Å². The molecule has 3 nitrogen and oxygen atoms in total. The summed E-state index contributed by atoms with van der Waals surface area (Å²) in [4.78, 5) is 12.4. The van der Waals surface area contributed by atoms with Gasteiger partial charge in [-0.25, -0.2) is 4.79 Å². The average Bonchev–Trinajstić information content (AvgIpc) is 2.14. The second kappa shape index (κ2) is 3.30. The minimum atomic E-state index is -0.758. The van der Waals surface area contributed by atoms with Gasteiger partial charge in [0.25, 0.3) is 0 Å². The van der Waals surface area contributed by atoms with Crippen LogP contribution in [0.25, 0.3) is 0 Å². The third kappa shape index (κ3) is 1.51. The predicted molar refractivity (Wildman–Crippen MR) is 54.2 cm³/mol. The number of amides is 1. The summed E-state index contributed by atoms with van der Waals surface area (Å²) >= 11 is 0. The van der Waals surface area contributed by atoms with E-state index in [1.165, 1.54) is 6.42 Å². The molecule has 1 N–H and O–H groups in total. The molecule has 1 saturated heterocycles. The van der Waals surface area contributed by atoms with Gasteiger partial charge in [-0.1, -0.05) is 6.08 Å². The maximum Gasteiger partial charge on any atom is 0.407 e. The number of allylic oxidation sites excluding steroid dienone is 1. The van der Waals surface area contributed by atoms with E-state index in [1.54, 1.807) is 4.90 Å². The zero-order valence-corrected chi connectivity index (χ0v) is 8.41. The standard InChI is InChI=1S/C11H17NO2/c1-2-9-6-11(7-9)4-3-5-12(8-11)10(13)14/h2,9H,1,3-8H2,(H,13,14). The summed E-state index contributed by atoms with van der Waals surface area (Å²) in [5, 5.41) is 8.92. The third-order valence-corrected chi connectivity index (χ3v) is 3.66. The molecule has 2 rings (SSSR count). The van der Waals surface area contributed by atoms with Crippen LogP contribution < -0.4 is 0 Å². The van der Waals surface area contributed by atoms with E-state index in [4.69, 9.17) is 5.11 Å². The van der Waals surface area contributed by atoms with E-state index in [9.17, 15) is 4.79 Å². The lowest BCUT2D eigenvalue weighted by molar-refractivity contribution is -0.00125. The van der Waals surface area contributed by atoms with Crippen LogP contribution >= 0.6 is 0 Å². The highest BCUT2D eigenvalue weighted by Gasteiger charge is 2.46. The fraction of sp³-hybridized carbons (Fsp3) is 0.727. The van der Waals surface area contributed by atoms with E-state index in [0.717, 1.165) is 32.4 Å². The van der Waals surface area contributed by atoms with Crippen LogP contribution in [0.15, 0.2) is 12.7 Å². The van der Waals surface area contributed by atoms with Gasteiger partial charge in [0.2, 0.25) is 0 Å². The molecule has 0 aromatic heterocycles. The Morgan fingerprint density at radius 2 is 2.29 bits per heavy atom. The topological polar surface area (TPSA) is 40.5 Å². The summed E-state index contributed by atoms with van der Waals surface area (Å²) in [7, 11) is 0. The second-order valence-electron chi connectivity index (χ2n) is 4.71. The van der Waals surface area contributed by atoms with Crippen molar-refractivity contribution in [3.8, 4) is 0 Å². The number of hydrogen-bond acceptors (Lipinski definition) is 1. The van der Waals surface area contributed by atoms with Gasteiger partial charge in [-0.2, -0.15) is 0 Å². The molecule has 1 spiro atoms. The molecular weight excluding hydrogens is 178 g/mol. The molecule has 1 aliphatic carbocycles. The summed E-state index contributed by atoms with van der Waals surface area (Å²) in [6.45, 7) is 5.25. The molecule has 78 valence electrons. The molecule has 0 bridgehead atoms. The lowest BCUT2D eigenvalue weighted by Gasteiger charge is -2.51. The zero-order chi connectivity index (χ0) is 10.2. The number of nitrogens with zero attached hydrogens (tertiary/aromatic N) is 1. The van der Waals surface area contributed by atoms with Crippen molar-refractivity contribution in [2.24, 2.45) is 11.3 Å². The first-order valence-corrected chi connectivity index (χ1v) is 5.26. The molecule has 1 aliphatic heterocycles. The molecule has 1 saturated carbocycles. The smallest absolute Gasteiger partial charge is 0.407 e. The van der Waals surface area contributed by atoms with Crippen LogP contribution in [-0.2, 0) is 0 Å². The molecule has 2 fully saturated rings. The zero-order valence-electron chi connectivity index (χ0n) is 8.41. The minimum absolute atomic E-state index is 0.301. The van der Waals surface area contributed by atoms with Gasteiger partial charge in [0.1, 0.15) is 0 Å². The Hall–Kier alpha value is -0.990. The minimum Gasteiger partial charge on any atom is -0.465 e. The van der Waals surface area contributed by atoms with Crippen molar-refractivity contribution in [1.82, 2.24) is 4.90 Å². The second-order valence-corrected chi connectivity index (χ2v) is 4.71. The number of piperidine rings is 1. The number of carbonyl (C=O) groups is 1. The van der Waals surface area contributed by atoms with Crippen molar-refractivity contribution in [3.63, 3.8) is 0 Å². The first-order valence-electron chi connectivity index (χ1n) is 5.26. The molecule has 0 radical (unpaired) electrons. The Morgan fingerprint density at radius 3 is 2.86 bits per heavy atom. The van der Waals surface area contributed by atoms with E-state index in [1.807, 2.05) is 6.08 Å². The van der Waals surface area contributed by atoms with Gasteiger partial charge in [0, 0.05) is 13.1 Å². The van der Waals surface area contributed by atoms with Gasteiger partial charge in [0.15, 0.2) is 0 Å². The van der Waals surface area contributed by atoms with Crippen molar-refractivity contribution in [2.75, 3.05) is 13.1 Å². The highest BCUT2D eigenvalue weighted by Crippen LogP contribution is 2.51. The van der Waals surface area contributed by atoms with Crippen molar-refractivity contribution < 1.29 is 9.90 Å². The maximum atomic E-state index is 10.8. The van der Waals surface area contributed by atoms with E-state index >= 15 is 0 Å². The SMILES string of the molecule is C=CC1CC2(CCCN(C(=O)O)C2)C1. The van der Waals surface area contributed by atoms with Crippen molar-refractivity contribution in [1.29, 1.82) is 0 Å². The molecule has 0 aromatic rings. The Balaban J connectivity index is 1.95. The molecule has 3 heteroatoms. The fourth-order valence-corrected chi connectivity index (χ4v) is 2.92. The van der Waals surface area contributed by atoms with Crippen LogP contribution in [0, 0.1) is 11.3 Å². The molecule has 1 heterocycles. The summed E-state index contributed by atoms with van der Waals surface area (Å²) in [5.41, 5.74) is 0.301. The molecule has 1 amide bonds. The van der Waals surface area contributed by atoms with Crippen LogP contribution in [-0.4, -0.2) is 29.2 Å². The Labute approximate surface area is 84.4 Å². The van der Waals surface area contributed by atoms with Crippen LogP contribution in [0.3, 0.4) is 0 Å². The Bertz CT molecular complexity index is 256. The van der Waals surface area contributed by atoms with Gasteiger partial charge in [-0.3, -0.25) is 0 Å². The lowest BCUT2D eigenvalue weighted by atomic mass is 9.58. The summed E-state index contributed by atoms with van der Waals surface area (Å²) in [5.74, 6) is 0.628. The van der Waals surface area contributed by atoms with E-state index in [-0.39, 0.29) is 0 Å². The van der Waals surface area contributed by atoms with Crippen molar-refractivity contribution in [3.05, 3.63) is 12.7 Å². The molecule has 2 aliphatic rings.